The van der Waals surface area contributed by atoms with Crippen LogP contribution in [-0.2, 0) is 0 Å². The molecule has 1 saturated carbocycles. The smallest absolute Gasteiger partial charge is 0.327 e. The molecule has 124 valence electrons. The van der Waals surface area contributed by atoms with Gasteiger partial charge in [-0.3, -0.25) is 19.6 Å². The topological polar surface area (TPSA) is 97.0 Å². The summed E-state index contributed by atoms with van der Waals surface area (Å²) in [6.45, 7) is 0. The van der Waals surface area contributed by atoms with E-state index in [0.29, 0.717) is 12.8 Å². The maximum atomic E-state index is 14.8. The maximum absolute atomic E-state index is 14.8. The van der Waals surface area contributed by atoms with Crippen molar-refractivity contribution in [3.05, 3.63) is 48.8 Å². The number of rotatable bonds is 2. The predicted octanol–water partition coefficient (Wildman–Crippen LogP) is 1.15. The van der Waals surface area contributed by atoms with Gasteiger partial charge in [-0.15, -0.1) is 0 Å². The van der Waals surface area contributed by atoms with Crippen LogP contribution in [-0.4, -0.2) is 21.6 Å². The lowest BCUT2D eigenvalue weighted by atomic mass is 10.1. The molecule has 0 spiro atoms. The van der Waals surface area contributed by atoms with E-state index in [4.69, 9.17) is 4.74 Å². The number of halogens is 2. The normalized spacial score (nSPS) is 14.5. The van der Waals surface area contributed by atoms with Crippen molar-refractivity contribution < 1.29 is 13.5 Å². The van der Waals surface area contributed by atoms with Crippen molar-refractivity contribution >= 4 is 21.9 Å². The van der Waals surface area contributed by atoms with Crippen LogP contribution >= 0.6 is 0 Å². The van der Waals surface area contributed by atoms with Crippen LogP contribution in [0.3, 0.4) is 0 Å². The Morgan fingerprint density at radius 1 is 1.21 bits per heavy atom. The minimum atomic E-state index is -1.04. The SMILES string of the molecule is COc1c(F)cc2c(=O)c3c(=O)[nH]c(=O)[nH]c3n(C3CC3)c2c1F. The van der Waals surface area contributed by atoms with Crippen molar-refractivity contribution in [1.82, 2.24) is 14.5 Å². The van der Waals surface area contributed by atoms with Crippen LogP contribution in [0, 0.1) is 11.6 Å². The Morgan fingerprint density at radius 3 is 2.54 bits per heavy atom. The molecule has 24 heavy (non-hydrogen) atoms. The summed E-state index contributed by atoms with van der Waals surface area (Å²) in [5, 5.41) is -0.610. The van der Waals surface area contributed by atoms with Crippen LogP contribution in [0.5, 0.6) is 5.75 Å². The fourth-order valence-corrected chi connectivity index (χ4v) is 3.00. The van der Waals surface area contributed by atoms with E-state index in [1.165, 1.54) is 4.57 Å². The number of nitrogens with zero attached hydrogens (tertiary/aromatic N) is 1. The van der Waals surface area contributed by atoms with Crippen LogP contribution in [0.1, 0.15) is 18.9 Å². The minimum Gasteiger partial charge on any atom is -0.491 e. The molecule has 0 atom stereocenters. The number of fused-ring (bicyclic) bond motifs is 2. The highest BCUT2D eigenvalue weighted by molar-refractivity contribution is 5.92. The van der Waals surface area contributed by atoms with Crippen molar-refractivity contribution in [3.8, 4) is 5.75 Å². The van der Waals surface area contributed by atoms with Gasteiger partial charge in [-0.05, 0) is 18.9 Å². The summed E-state index contributed by atoms with van der Waals surface area (Å²) in [4.78, 5) is 40.6. The molecule has 0 bridgehead atoms. The number of ether oxygens (including phenoxy) is 1. The molecule has 7 nitrogen and oxygen atoms in total. The van der Waals surface area contributed by atoms with Gasteiger partial charge < -0.3 is 9.30 Å². The molecule has 0 radical (unpaired) electrons. The predicted molar refractivity (Wildman–Crippen MR) is 81.7 cm³/mol. The summed E-state index contributed by atoms with van der Waals surface area (Å²) in [5.41, 5.74) is -2.82. The number of benzene rings is 1. The van der Waals surface area contributed by atoms with E-state index < -0.39 is 34.1 Å². The number of hydrogen-bond donors (Lipinski definition) is 2. The van der Waals surface area contributed by atoms with Crippen molar-refractivity contribution in [1.29, 1.82) is 0 Å². The molecular weight excluding hydrogens is 324 g/mol. The molecule has 2 heterocycles. The summed E-state index contributed by atoms with van der Waals surface area (Å²) < 4.78 is 34.9. The molecule has 1 aliphatic carbocycles. The molecule has 0 saturated heterocycles. The Labute approximate surface area is 131 Å². The highest BCUT2D eigenvalue weighted by atomic mass is 19.1. The van der Waals surface area contributed by atoms with Crippen LogP contribution in [0.25, 0.3) is 21.9 Å². The van der Waals surface area contributed by atoms with Gasteiger partial charge in [-0.2, -0.15) is 0 Å². The van der Waals surface area contributed by atoms with E-state index >= 15 is 0 Å². The van der Waals surface area contributed by atoms with Crippen molar-refractivity contribution in [2.45, 2.75) is 18.9 Å². The number of nitrogens with one attached hydrogen (secondary N) is 2. The second kappa shape index (κ2) is 4.76. The van der Waals surface area contributed by atoms with Gasteiger partial charge in [0.1, 0.15) is 11.0 Å². The molecule has 1 aliphatic rings. The zero-order chi connectivity index (χ0) is 17.2. The number of aromatic amines is 2. The number of aromatic nitrogens is 3. The van der Waals surface area contributed by atoms with E-state index in [1.54, 1.807) is 0 Å². The second-order valence-corrected chi connectivity index (χ2v) is 5.66. The van der Waals surface area contributed by atoms with Gasteiger partial charge in [0.05, 0.1) is 18.0 Å². The fraction of sp³-hybridized carbons (Fsp3) is 0.267. The van der Waals surface area contributed by atoms with E-state index in [2.05, 4.69) is 4.98 Å². The summed E-state index contributed by atoms with van der Waals surface area (Å²) in [6, 6.07) is 0.653. The Morgan fingerprint density at radius 2 is 1.92 bits per heavy atom. The lowest BCUT2D eigenvalue weighted by molar-refractivity contribution is 0.361. The zero-order valence-corrected chi connectivity index (χ0v) is 12.4. The Kier molecular flexibility index (Phi) is 2.90. The second-order valence-electron chi connectivity index (χ2n) is 5.66. The zero-order valence-electron chi connectivity index (χ0n) is 12.4. The van der Waals surface area contributed by atoms with Gasteiger partial charge in [0, 0.05) is 6.04 Å². The molecule has 0 amide bonds. The van der Waals surface area contributed by atoms with Gasteiger partial charge in [-0.1, -0.05) is 0 Å². The Bertz CT molecular complexity index is 1190. The molecule has 2 aromatic heterocycles. The quantitative estimate of drug-likeness (QED) is 0.687. The van der Waals surface area contributed by atoms with E-state index in [9.17, 15) is 23.2 Å². The lowest BCUT2D eigenvalue weighted by Gasteiger charge is -2.15. The van der Waals surface area contributed by atoms with Gasteiger partial charge in [-0.25, -0.2) is 13.6 Å². The first-order valence-electron chi connectivity index (χ1n) is 7.20. The van der Waals surface area contributed by atoms with Crippen molar-refractivity contribution in [3.63, 3.8) is 0 Å². The van der Waals surface area contributed by atoms with Gasteiger partial charge in [0.25, 0.3) is 5.56 Å². The van der Waals surface area contributed by atoms with Gasteiger partial charge >= 0.3 is 5.69 Å². The third-order valence-electron chi connectivity index (χ3n) is 4.14. The largest absolute Gasteiger partial charge is 0.491 e. The number of pyridine rings is 1. The highest BCUT2D eigenvalue weighted by Gasteiger charge is 2.31. The van der Waals surface area contributed by atoms with Crippen molar-refractivity contribution in [2.75, 3.05) is 7.11 Å². The molecule has 0 aliphatic heterocycles. The number of hydrogen-bond acceptors (Lipinski definition) is 4. The first-order chi connectivity index (χ1) is 11.4. The monoisotopic (exact) mass is 335 g/mol. The summed E-state index contributed by atoms with van der Waals surface area (Å²) in [7, 11) is 1.11. The molecule has 0 unspecified atom stereocenters. The molecule has 1 fully saturated rings. The van der Waals surface area contributed by atoms with E-state index in [-0.39, 0.29) is 28.0 Å². The molecule has 9 heteroatoms. The van der Waals surface area contributed by atoms with E-state index in [1.807, 2.05) is 4.98 Å². The first kappa shape index (κ1) is 14.6. The van der Waals surface area contributed by atoms with E-state index in [0.717, 1.165) is 13.2 Å². The van der Waals surface area contributed by atoms with Gasteiger partial charge in [0.15, 0.2) is 17.4 Å². The minimum absolute atomic E-state index is 0.0729. The molecule has 1 aromatic carbocycles. The standard InChI is InChI=1S/C15H11F2N3O4/c1-24-12-7(16)4-6-10(9(12)17)20(5-2-3-5)13-8(11(6)21)14(22)19-15(23)18-13/h4-5H,2-3H2,1H3,(H2,18,19,22,23). The third-order valence-corrected chi connectivity index (χ3v) is 4.14. The van der Waals surface area contributed by atoms with Crippen molar-refractivity contribution in [2.24, 2.45) is 0 Å². The third kappa shape index (κ3) is 1.84. The number of H-pyrrole nitrogens is 2. The van der Waals surface area contributed by atoms with Crippen LogP contribution in [0.15, 0.2) is 20.4 Å². The van der Waals surface area contributed by atoms with Gasteiger partial charge in [0.2, 0.25) is 5.43 Å². The molecule has 4 rings (SSSR count). The summed E-state index contributed by atoms with van der Waals surface area (Å²) in [6.07, 6.45) is 1.36. The fourth-order valence-electron chi connectivity index (χ4n) is 3.00. The summed E-state index contributed by atoms with van der Waals surface area (Å²) in [5.74, 6) is -2.70. The van der Waals surface area contributed by atoms with Crippen LogP contribution in [0.2, 0.25) is 0 Å². The first-order valence-corrected chi connectivity index (χ1v) is 7.20. The highest BCUT2D eigenvalue weighted by Crippen LogP contribution is 2.40. The molecule has 2 N–H and O–H groups in total. The Balaban J connectivity index is 2.39. The summed E-state index contributed by atoms with van der Waals surface area (Å²) >= 11 is 0. The number of methoxy groups -OCH3 is 1. The average Bonchev–Trinajstić information content (AvgIpc) is 3.33. The average molecular weight is 335 g/mol. The molecular formula is C15H11F2N3O4. The Hall–Kier alpha value is -2.97. The van der Waals surface area contributed by atoms with Crippen LogP contribution < -0.4 is 21.4 Å². The molecule has 3 aromatic rings. The lowest BCUT2D eigenvalue weighted by Crippen LogP contribution is -2.29. The maximum Gasteiger partial charge on any atom is 0.327 e. The van der Waals surface area contributed by atoms with Crippen LogP contribution in [0.4, 0.5) is 8.78 Å².